The van der Waals surface area contributed by atoms with E-state index in [0.29, 0.717) is 13.2 Å². The molecule has 1 aromatic rings. The van der Waals surface area contributed by atoms with Gasteiger partial charge in [-0.15, -0.1) is 5.73 Å². The summed E-state index contributed by atoms with van der Waals surface area (Å²) in [5.74, 6) is 0. The minimum Gasteiger partial charge on any atom is -0.346 e. The van der Waals surface area contributed by atoms with Crippen molar-refractivity contribution in [1.29, 1.82) is 0 Å². The second kappa shape index (κ2) is 5.53. The van der Waals surface area contributed by atoms with Crippen LogP contribution in [0.2, 0.25) is 0 Å². The van der Waals surface area contributed by atoms with Gasteiger partial charge in [0.25, 0.3) is 0 Å². The van der Waals surface area contributed by atoms with Crippen molar-refractivity contribution in [2.75, 3.05) is 13.2 Å². The van der Waals surface area contributed by atoms with Gasteiger partial charge in [-0.2, -0.15) is 0 Å². The first-order valence-electron chi connectivity index (χ1n) is 6.32. The molecule has 1 saturated heterocycles. The van der Waals surface area contributed by atoms with Crippen molar-refractivity contribution >= 4 is 6.08 Å². The zero-order chi connectivity index (χ0) is 13.0. The maximum atomic E-state index is 5.55. The van der Waals surface area contributed by atoms with E-state index in [4.69, 9.17) is 9.47 Å². The fourth-order valence-corrected chi connectivity index (χ4v) is 1.78. The molecule has 1 aromatic carbocycles. The summed E-state index contributed by atoms with van der Waals surface area (Å²) < 4.78 is 11.1. The normalized spacial score (nSPS) is 16.4. The van der Waals surface area contributed by atoms with E-state index in [9.17, 15) is 0 Å². The first kappa shape index (κ1) is 13.1. The van der Waals surface area contributed by atoms with E-state index in [2.05, 4.69) is 38.6 Å². The van der Waals surface area contributed by atoms with Crippen molar-refractivity contribution in [1.82, 2.24) is 0 Å². The summed E-state index contributed by atoms with van der Waals surface area (Å²) in [4.78, 5) is 0. The Morgan fingerprint density at radius 1 is 1.17 bits per heavy atom. The first-order valence-corrected chi connectivity index (χ1v) is 6.32. The van der Waals surface area contributed by atoms with Crippen LogP contribution in [0.1, 0.15) is 38.2 Å². The Kier molecular flexibility index (Phi) is 4.03. The van der Waals surface area contributed by atoms with Crippen LogP contribution in [-0.4, -0.2) is 13.2 Å². The predicted molar refractivity (Wildman–Crippen MR) is 73.1 cm³/mol. The lowest BCUT2D eigenvalue weighted by Gasteiger charge is -2.12. The van der Waals surface area contributed by atoms with Crippen LogP contribution in [0, 0.1) is 5.41 Å². The predicted octanol–water partition coefficient (Wildman–Crippen LogP) is 3.95. The molecule has 0 unspecified atom stereocenters. The highest BCUT2D eigenvalue weighted by atomic mass is 16.7. The highest BCUT2D eigenvalue weighted by Gasteiger charge is 2.19. The molecule has 0 radical (unpaired) electrons. The van der Waals surface area contributed by atoms with Crippen LogP contribution < -0.4 is 0 Å². The van der Waals surface area contributed by atoms with Gasteiger partial charge in [0.05, 0.1) is 13.2 Å². The second-order valence-electron chi connectivity index (χ2n) is 5.52. The Hall–Kier alpha value is -1.34. The number of rotatable bonds is 2. The highest BCUT2D eigenvalue weighted by molar-refractivity contribution is 5.53. The fraction of sp³-hybridized carbons (Fsp3) is 0.438. The van der Waals surface area contributed by atoms with Gasteiger partial charge in [0, 0.05) is 5.56 Å². The third-order valence-electron chi connectivity index (χ3n) is 2.63. The van der Waals surface area contributed by atoms with Gasteiger partial charge in [-0.25, -0.2) is 0 Å². The number of ether oxygens (including phenoxy) is 2. The molecule has 2 nitrogen and oxygen atoms in total. The first-order chi connectivity index (χ1) is 8.56. The fourth-order valence-electron chi connectivity index (χ4n) is 1.78. The molecular weight excluding hydrogens is 224 g/mol. The SMILES string of the molecule is CC(C)(C)C=C=Cc1ccccc1C1OCCO1. The molecule has 2 rings (SSSR count). The maximum Gasteiger partial charge on any atom is 0.184 e. The van der Waals surface area contributed by atoms with Crippen molar-refractivity contribution in [3.05, 3.63) is 47.2 Å². The van der Waals surface area contributed by atoms with Crippen LogP contribution >= 0.6 is 0 Å². The van der Waals surface area contributed by atoms with Crippen molar-refractivity contribution in [3.63, 3.8) is 0 Å². The topological polar surface area (TPSA) is 18.5 Å². The van der Waals surface area contributed by atoms with E-state index in [1.807, 2.05) is 24.3 Å². The minimum atomic E-state index is -0.228. The molecule has 0 saturated carbocycles. The molecule has 0 aliphatic carbocycles. The highest BCUT2D eigenvalue weighted by Crippen LogP contribution is 2.27. The molecule has 96 valence electrons. The lowest BCUT2D eigenvalue weighted by atomic mass is 9.97. The summed E-state index contributed by atoms with van der Waals surface area (Å²) in [6.07, 6.45) is 3.83. The van der Waals surface area contributed by atoms with Gasteiger partial charge >= 0.3 is 0 Å². The van der Waals surface area contributed by atoms with E-state index >= 15 is 0 Å². The summed E-state index contributed by atoms with van der Waals surface area (Å²) in [6, 6.07) is 8.12. The Labute approximate surface area is 109 Å². The second-order valence-corrected chi connectivity index (χ2v) is 5.52. The summed E-state index contributed by atoms with van der Waals surface area (Å²) >= 11 is 0. The van der Waals surface area contributed by atoms with Gasteiger partial charge in [0.1, 0.15) is 0 Å². The molecule has 0 bridgehead atoms. The van der Waals surface area contributed by atoms with Crippen molar-refractivity contribution in [3.8, 4) is 0 Å². The summed E-state index contributed by atoms with van der Waals surface area (Å²) in [7, 11) is 0. The van der Waals surface area contributed by atoms with Crippen LogP contribution in [0.3, 0.4) is 0 Å². The van der Waals surface area contributed by atoms with Crippen LogP contribution in [0.4, 0.5) is 0 Å². The zero-order valence-corrected chi connectivity index (χ0v) is 11.3. The molecular formula is C16H20O2. The van der Waals surface area contributed by atoms with E-state index in [1.165, 1.54) is 0 Å². The lowest BCUT2D eigenvalue weighted by molar-refractivity contribution is -0.0442. The van der Waals surface area contributed by atoms with Crippen LogP contribution in [0.5, 0.6) is 0 Å². The van der Waals surface area contributed by atoms with E-state index < -0.39 is 0 Å². The van der Waals surface area contributed by atoms with Gasteiger partial charge in [-0.1, -0.05) is 45.0 Å². The maximum absolute atomic E-state index is 5.55. The summed E-state index contributed by atoms with van der Waals surface area (Å²) in [5, 5.41) is 0. The van der Waals surface area contributed by atoms with Gasteiger partial charge in [0.2, 0.25) is 0 Å². The van der Waals surface area contributed by atoms with Crippen molar-refractivity contribution in [2.45, 2.75) is 27.1 Å². The van der Waals surface area contributed by atoms with Gasteiger partial charge in [-0.3, -0.25) is 0 Å². The van der Waals surface area contributed by atoms with Gasteiger partial charge in [-0.05, 0) is 23.1 Å². The van der Waals surface area contributed by atoms with Crippen LogP contribution in [-0.2, 0) is 9.47 Å². The molecule has 1 aliphatic rings. The number of benzene rings is 1. The third kappa shape index (κ3) is 3.58. The Morgan fingerprint density at radius 2 is 1.83 bits per heavy atom. The molecule has 0 amide bonds. The smallest absolute Gasteiger partial charge is 0.184 e. The molecule has 1 aliphatic heterocycles. The van der Waals surface area contributed by atoms with Gasteiger partial charge < -0.3 is 9.47 Å². The Balaban J connectivity index is 2.25. The summed E-state index contributed by atoms with van der Waals surface area (Å²) in [6.45, 7) is 7.80. The van der Waals surface area contributed by atoms with Crippen molar-refractivity contribution in [2.24, 2.45) is 5.41 Å². The molecule has 0 N–H and O–H groups in total. The molecule has 1 heterocycles. The van der Waals surface area contributed by atoms with E-state index in [1.54, 1.807) is 0 Å². The van der Waals surface area contributed by atoms with Gasteiger partial charge in [0.15, 0.2) is 6.29 Å². The Morgan fingerprint density at radius 3 is 2.50 bits per heavy atom. The molecule has 2 heteroatoms. The molecule has 18 heavy (non-hydrogen) atoms. The molecule has 0 aromatic heterocycles. The molecule has 0 spiro atoms. The third-order valence-corrected chi connectivity index (χ3v) is 2.63. The van der Waals surface area contributed by atoms with Crippen LogP contribution in [0.25, 0.3) is 6.08 Å². The van der Waals surface area contributed by atoms with E-state index in [0.717, 1.165) is 11.1 Å². The minimum absolute atomic E-state index is 0.145. The average molecular weight is 244 g/mol. The quantitative estimate of drug-likeness (QED) is 0.733. The Bertz CT molecular complexity index is 456. The number of allylic oxidation sites excluding steroid dienone is 1. The largest absolute Gasteiger partial charge is 0.346 e. The lowest BCUT2D eigenvalue weighted by Crippen LogP contribution is -2.00. The summed E-state index contributed by atoms with van der Waals surface area (Å²) in [5.41, 5.74) is 5.56. The average Bonchev–Trinajstić information content (AvgIpc) is 2.81. The van der Waals surface area contributed by atoms with Crippen molar-refractivity contribution < 1.29 is 9.47 Å². The zero-order valence-electron chi connectivity index (χ0n) is 11.3. The molecule has 0 atom stereocenters. The standard InChI is InChI=1S/C16H20O2/c1-16(2,3)10-6-8-13-7-4-5-9-14(13)15-17-11-12-18-15/h4-5,7-10,15H,11-12H2,1-3H3. The number of hydrogen-bond acceptors (Lipinski definition) is 2. The monoisotopic (exact) mass is 244 g/mol. The molecule has 1 fully saturated rings. The number of hydrogen-bond donors (Lipinski definition) is 0. The van der Waals surface area contributed by atoms with E-state index in [-0.39, 0.29) is 11.7 Å². The van der Waals surface area contributed by atoms with Crippen LogP contribution in [0.15, 0.2) is 36.1 Å².